The molecule has 0 unspecified atom stereocenters. The fourth-order valence-electron chi connectivity index (χ4n) is 1.65. The van der Waals surface area contributed by atoms with Gasteiger partial charge in [-0.1, -0.05) is 44.2 Å². The molecular formula is C13H19NO. The molecule has 82 valence electrons. The Balaban J connectivity index is 2.49. The van der Waals surface area contributed by atoms with Crippen molar-refractivity contribution in [2.24, 2.45) is 5.92 Å². The number of rotatable bonds is 5. The average molecular weight is 205 g/mol. The van der Waals surface area contributed by atoms with Gasteiger partial charge in [0.05, 0.1) is 6.54 Å². The summed E-state index contributed by atoms with van der Waals surface area (Å²) in [6.45, 7) is 5.77. The maximum absolute atomic E-state index is 11.8. The van der Waals surface area contributed by atoms with Gasteiger partial charge in [-0.2, -0.15) is 0 Å². The predicted octanol–water partition coefficient (Wildman–Crippen LogP) is 2.46. The van der Waals surface area contributed by atoms with E-state index in [1.54, 1.807) is 0 Å². The van der Waals surface area contributed by atoms with Crippen LogP contribution in [0.5, 0.6) is 0 Å². The number of hydrogen-bond acceptors (Lipinski definition) is 2. The fourth-order valence-corrected chi connectivity index (χ4v) is 1.65. The second-order valence-corrected chi connectivity index (χ2v) is 4.38. The SMILES string of the molecule is CC(C)CN(C)CC(=O)c1ccccc1. The molecule has 0 N–H and O–H groups in total. The molecular weight excluding hydrogens is 186 g/mol. The summed E-state index contributed by atoms with van der Waals surface area (Å²) in [4.78, 5) is 13.9. The van der Waals surface area contributed by atoms with E-state index in [4.69, 9.17) is 0 Å². The number of hydrogen-bond donors (Lipinski definition) is 0. The van der Waals surface area contributed by atoms with E-state index in [2.05, 4.69) is 18.7 Å². The Morgan fingerprint density at radius 3 is 2.40 bits per heavy atom. The van der Waals surface area contributed by atoms with Crippen molar-refractivity contribution in [3.8, 4) is 0 Å². The van der Waals surface area contributed by atoms with Crippen LogP contribution >= 0.6 is 0 Å². The van der Waals surface area contributed by atoms with E-state index in [9.17, 15) is 4.79 Å². The molecule has 2 nitrogen and oxygen atoms in total. The van der Waals surface area contributed by atoms with Gasteiger partial charge < -0.3 is 0 Å². The van der Waals surface area contributed by atoms with Gasteiger partial charge in [-0.25, -0.2) is 0 Å². The third kappa shape index (κ3) is 4.26. The van der Waals surface area contributed by atoms with E-state index in [1.165, 1.54) is 0 Å². The molecule has 0 spiro atoms. The highest BCUT2D eigenvalue weighted by atomic mass is 16.1. The van der Waals surface area contributed by atoms with Gasteiger partial charge in [0, 0.05) is 12.1 Å². The first-order chi connectivity index (χ1) is 7.09. The largest absolute Gasteiger partial charge is 0.299 e. The monoisotopic (exact) mass is 205 g/mol. The molecule has 0 saturated heterocycles. The topological polar surface area (TPSA) is 20.3 Å². The molecule has 0 aliphatic heterocycles. The number of Topliss-reactive ketones (excluding diaryl/α,β-unsaturated/α-hetero) is 1. The molecule has 0 amide bonds. The molecule has 1 aromatic carbocycles. The smallest absolute Gasteiger partial charge is 0.176 e. The van der Waals surface area contributed by atoms with Crippen molar-refractivity contribution in [1.29, 1.82) is 0 Å². The average Bonchev–Trinajstić information content (AvgIpc) is 2.17. The number of nitrogens with zero attached hydrogens (tertiary/aromatic N) is 1. The van der Waals surface area contributed by atoms with Crippen molar-refractivity contribution >= 4 is 5.78 Å². The molecule has 0 bridgehead atoms. The zero-order valence-electron chi connectivity index (χ0n) is 9.73. The first-order valence-electron chi connectivity index (χ1n) is 5.36. The molecule has 1 rings (SSSR count). The van der Waals surface area contributed by atoms with Gasteiger partial charge in [0.15, 0.2) is 5.78 Å². The maximum Gasteiger partial charge on any atom is 0.176 e. The molecule has 0 fully saturated rings. The van der Waals surface area contributed by atoms with Crippen molar-refractivity contribution in [3.63, 3.8) is 0 Å². The Labute approximate surface area is 91.9 Å². The fraction of sp³-hybridized carbons (Fsp3) is 0.462. The van der Waals surface area contributed by atoms with Crippen LogP contribution in [0.2, 0.25) is 0 Å². The quantitative estimate of drug-likeness (QED) is 0.688. The van der Waals surface area contributed by atoms with Crippen LogP contribution in [0.4, 0.5) is 0 Å². The van der Waals surface area contributed by atoms with Crippen molar-refractivity contribution < 1.29 is 4.79 Å². The number of benzene rings is 1. The second-order valence-electron chi connectivity index (χ2n) is 4.38. The highest BCUT2D eigenvalue weighted by Crippen LogP contribution is 2.02. The predicted molar refractivity (Wildman–Crippen MR) is 63.1 cm³/mol. The second kappa shape index (κ2) is 5.66. The van der Waals surface area contributed by atoms with Crippen LogP contribution in [0.15, 0.2) is 30.3 Å². The standard InChI is InChI=1S/C13H19NO/c1-11(2)9-14(3)10-13(15)12-7-5-4-6-8-12/h4-8,11H,9-10H2,1-3H3. The molecule has 0 heterocycles. The van der Waals surface area contributed by atoms with E-state index in [0.717, 1.165) is 12.1 Å². The van der Waals surface area contributed by atoms with Crippen molar-refractivity contribution in [3.05, 3.63) is 35.9 Å². The Morgan fingerprint density at radius 1 is 1.27 bits per heavy atom. The zero-order chi connectivity index (χ0) is 11.3. The molecule has 0 aromatic heterocycles. The van der Waals surface area contributed by atoms with Crippen LogP contribution in [0, 0.1) is 5.92 Å². The van der Waals surface area contributed by atoms with Crippen molar-refractivity contribution in [2.45, 2.75) is 13.8 Å². The van der Waals surface area contributed by atoms with Gasteiger partial charge in [0.1, 0.15) is 0 Å². The Bertz CT molecular complexity index is 306. The van der Waals surface area contributed by atoms with Crippen molar-refractivity contribution in [2.75, 3.05) is 20.1 Å². The molecule has 0 saturated carbocycles. The lowest BCUT2D eigenvalue weighted by Gasteiger charge is -2.17. The van der Waals surface area contributed by atoms with Crippen LogP contribution < -0.4 is 0 Å². The van der Waals surface area contributed by atoms with Crippen LogP contribution in [-0.4, -0.2) is 30.8 Å². The van der Waals surface area contributed by atoms with Gasteiger partial charge in [0.2, 0.25) is 0 Å². The van der Waals surface area contributed by atoms with E-state index in [-0.39, 0.29) is 5.78 Å². The summed E-state index contributed by atoms with van der Waals surface area (Å²) in [5, 5.41) is 0. The Kier molecular flexibility index (Phi) is 4.50. The highest BCUT2D eigenvalue weighted by molar-refractivity contribution is 5.97. The number of carbonyl (C=O) groups is 1. The van der Waals surface area contributed by atoms with Gasteiger partial charge in [0.25, 0.3) is 0 Å². The third-order valence-corrected chi connectivity index (χ3v) is 2.19. The summed E-state index contributed by atoms with van der Waals surface area (Å²) in [6.07, 6.45) is 0. The van der Waals surface area contributed by atoms with Crippen LogP contribution in [0.1, 0.15) is 24.2 Å². The molecule has 0 aliphatic carbocycles. The lowest BCUT2D eigenvalue weighted by Crippen LogP contribution is -2.29. The maximum atomic E-state index is 11.8. The lowest BCUT2D eigenvalue weighted by atomic mass is 10.1. The number of carbonyl (C=O) groups excluding carboxylic acids is 1. The van der Waals surface area contributed by atoms with Gasteiger partial charge in [-0.15, -0.1) is 0 Å². The summed E-state index contributed by atoms with van der Waals surface area (Å²) >= 11 is 0. The van der Waals surface area contributed by atoms with Crippen molar-refractivity contribution in [1.82, 2.24) is 4.90 Å². The first kappa shape index (κ1) is 11.9. The van der Waals surface area contributed by atoms with Crippen LogP contribution in [-0.2, 0) is 0 Å². The van der Waals surface area contributed by atoms with Gasteiger partial charge in [-0.05, 0) is 13.0 Å². The van der Waals surface area contributed by atoms with Crippen LogP contribution in [0.25, 0.3) is 0 Å². The molecule has 0 radical (unpaired) electrons. The minimum atomic E-state index is 0.193. The summed E-state index contributed by atoms with van der Waals surface area (Å²) in [7, 11) is 1.99. The minimum absolute atomic E-state index is 0.193. The first-order valence-corrected chi connectivity index (χ1v) is 5.36. The van der Waals surface area contributed by atoms with Gasteiger partial charge >= 0.3 is 0 Å². The molecule has 0 aliphatic rings. The summed E-state index contributed by atoms with van der Waals surface area (Å²) < 4.78 is 0. The molecule has 0 atom stereocenters. The molecule has 1 aromatic rings. The summed E-state index contributed by atoms with van der Waals surface area (Å²) in [5.74, 6) is 0.789. The van der Waals surface area contributed by atoms with E-state index < -0.39 is 0 Å². The normalized spacial score (nSPS) is 11.0. The highest BCUT2D eigenvalue weighted by Gasteiger charge is 2.09. The summed E-state index contributed by atoms with van der Waals surface area (Å²) in [6, 6.07) is 9.46. The number of likely N-dealkylation sites (N-methyl/N-ethyl adjacent to an activating group) is 1. The number of ketones is 1. The minimum Gasteiger partial charge on any atom is -0.299 e. The van der Waals surface area contributed by atoms with Crippen LogP contribution in [0.3, 0.4) is 0 Å². The van der Waals surface area contributed by atoms with E-state index in [0.29, 0.717) is 12.5 Å². The Morgan fingerprint density at radius 2 is 1.87 bits per heavy atom. The third-order valence-electron chi connectivity index (χ3n) is 2.19. The zero-order valence-corrected chi connectivity index (χ0v) is 9.73. The van der Waals surface area contributed by atoms with E-state index in [1.807, 2.05) is 37.4 Å². The Hall–Kier alpha value is -1.15. The van der Waals surface area contributed by atoms with Gasteiger partial charge in [-0.3, -0.25) is 9.69 Å². The van der Waals surface area contributed by atoms with E-state index >= 15 is 0 Å². The lowest BCUT2D eigenvalue weighted by molar-refractivity contribution is 0.0940. The molecule has 2 heteroatoms. The summed E-state index contributed by atoms with van der Waals surface area (Å²) in [5.41, 5.74) is 0.799. The molecule has 15 heavy (non-hydrogen) atoms.